The van der Waals surface area contributed by atoms with E-state index in [1.165, 1.54) is 6.07 Å². The highest BCUT2D eigenvalue weighted by Crippen LogP contribution is 2.34. The molecular weight excluding hydrogens is 191 g/mol. The van der Waals surface area contributed by atoms with E-state index in [4.69, 9.17) is 0 Å². The summed E-state index contributed by atoms with van der Waals surface area (Å²) in [5.74, 6) is -0.184. The molecule has 0 aliphatic rings. The van der Waals surface area contributed by atoms with Crippen LogP contribution in [0.5, 0.6) is 5.75 Å². The number of phenolic OH excluding ortho intramolecular Hbond substituents is 1. The summed E-state index contributed by atoms with van der Waals surface area (Å²) in [6, 6.07) is 2.85. The Morgan fingerprint density at radius 3 is 2.13 bits per heavy atom. The quantitative estimate of drug-likeness (QED) is 0.744. The first-order valence-electron chi connectivity index (χ1n) is 5.26. The van der Waals surface area contributed by atoms with Crippen molar-refractivity contribution in [3.63, 3.8) is 0 Å². The normalized spacial score (nSPS) is 12.2. The minimum atomic E-state index is -0.310. The molecule has 0 radical (unpaired) electrons. The molecule has 84 valence electrons. The second kappa shape index (κ2) is 3.84. The Morgan fingerprint density at radius 1 is 1.20 bits per heavy atom. The van der Waals surface area contributed by atoms with E-state index in [0.29, 0.717) is 5.56 Å². The second-order valence-corrected chi connectivity index (χ2v) is 5.29. The van der Waals surface area contributed by atoms with Crippen LogP contribution in [0.3, 0.4) is 0 Å². The molecule has 1 aromatic carbocycles. The molecule has 2 heteroatoms. The van der Waals surface area contributed by atoms with Crippen LogP contribution >= 0.6 is 0 Å². The van der Waals surface area contributed by atoms with Crippen LogP contribution in [-0.4, -0.2) is 5.11 Å². The van der Waals surface area contributed by atoms with Gasteiger partial charge < -0.3 is 5.11 Å². The van der Waals surface area contributed by atoms with Crippen molar-refractivity contribution in [3.8, 4) is 5.75 Å². The molecule has 0 atom stereocenters. The highest BCUT2D eigenvalue weighted by molar-refractivity contribution is 5.41. The fraction of sp³-hybridized carbons (Fsp3) is 0.538. The molecule has 0 heterocycles. The third kappa shape index (κ3) is 2.49. The minimum Gasteiger partial charge on any atom is -0.508 e. The maximum absolute atomic E-state index is 13.7. The van der Waals surface area contributed by atoms with E-state index >= 15 is 0 Å². The number of aromatic hydroxyl groups is 1. The molecule has 15 heavy (non-hydrogen) atoms. The molecule has 1 N–H and O–H groups in total. The minimum absolute atomic E-state index is 0.00169. The Morgan fingerprint density at radius 2 is 1.73 bits per heavy atom. The van der Waals surface area contributed by atoms with Crippen LogP contribution in [-0.2, 0) is 5.41 Å². The van der Waals surface area contributed by atoms with Gasteiger partial charge in [0.15, 0.2) is 0 Å². The molecule has 0 bridgehead atoms. The Kier molecular flexibility index (Phi) is 3.08. The topological polar surface area (TPSA) is 20.2 Å². The summed E-state index contributed by atoms with van der Waals surface area (Å²) < 4.78 is 13.7. The predicted molar refractivity (Wildman–Crippen MR) is 60.9 cm³/mol. The van der Waals surface area contributed by atoms with Gasteiger partial charge in [-0.1, -0.05) is 34.6 Å². The highest BCUT2D eigenvalue weighted by atomic mass is 19.1. The summed E-state index contributed by atoms with van der Waals surface area (Å²) in [5, 5.41) is 9.42. The van der Waals surface area contributed by atoms with Crippen molar-refractivity contribution in [2.45, 2.75) is 46.0 Å². The monoisotopic (exact) mass is 210 g/mol. The average molecular weight is 210 g/mol. The van der Waals surface area contributed by atoms with Gasteiger partial charge in [0.1, 0.15) is 11.6 Å². The van der Waals surface area contributed by atoms with E-state index in [1.54, 1.807) is 6.07 Å². The van der Waals surface area contributed by atoms with E-state index in [2.05, 4.69) is 0 Å². The predicted octanol–water partition coefficient (Wildman–Crippen LogP) is 3.95. The number of phenols is 1. The summed E-state index contributed by atoms with van der Waals surface area (Å²) >= 11 is 0. The summed E-state index contributed by atoms with van der Waals surface area (Å²) in [7, 11) is 0. The van der Waals surface area contributed by atoms with Crippen molar-refractivity contribution in [2.75, 3.05) is 0 Å². The van der Waals surface area contributed by atoms with Crippen molar-refractivity contribution in [1.82, 2.24) is 0 Å². The van der Waals surface area contributed by atoms with Crippen molar-refractivity contribution < 1.29 is 9.50 Å². The number of benzene rings is 1. The van der Waals surface area contributed by atoms with Gasteiger partial charge in [0.2, 0.25) is 0 Å². The zero-order valence-electron chi connectivity index (χ0n) is 10.1. The van der Waals surface area contributed by atoms with E-state index in [9.17, 15) is 9.50 Å². The number of rotatable bonds is 1. The molecule has 0 aromatic heterocycles. The molecule has 1 rings (SSSR count). The second-order valence-electron chi connectivity index (χ2n) is 5.29. The maximum Gasteiger partial charge on any atom is 0.130 e. The van der Waals surface area contributed by atoms with Crippen LogP contribution in [0, 0.1) is 5.82 Å². The third-order valence-corrected chi connectivity index (χ3v) is 2.50. The molecule has 1 nitrogen and oxygen atoms in total. The summed E-state index contributed by atoms with van der Waals surface area (Å²) in [6.07, 6.45) is 0. The molecule has 0 aliphatic carbocycles. The van der Waals surface area contributed by atoms with Crippen molar-refractivity contribution >= 4 is 0 Å². The zero-order valence-corrected chi connectivity index (χ0v) is 10.1. The van der Waals surface area contributed by atoms with Crippen LogP contribution in [0.1, 0.15) is 51.7 Å². The van der Waals surface area contributed by atoms with Crippen LogP contribution in [0.25, 0.3) is 0 Å². The SMILES string of the molecule is CC(C)c1c(F)cc(O)cc1C(C)(C)C. The molecule has 0 aliphatic heterocycles. The van der Waals surface area contributed by atoms with E-state index < -0.39 is 0 Å². The van der Waals surface area contributed by atoms with Gasteiger partial charge in [0, 0.05) is 6.07 Å². The average Bonchev–Trinajstić information content (AvgIpc) is 1.99. The van der Waals surface area contributed by atoms with Crippen LogP contribution in [0.4, 0.5) is 4.39 Å². The molecule has 0 spiro atoms. The summed E-state index contributed by atoms with van der Waals surface area (Å²) in [6.45, 7) is 9.99. The van der Waals surface area contributed by atoms with Crippen molar-refractivity contribution in [3.05, 3.63) is 29.1 Å². The molecule has 0 unspecified atom stereocenters. The van der Waals surface area contributed by atoms with Gasteiger partial charge in [0.25, 0.3) is 0 Å². The van der Waals surface area contributed by atoms with Crippen LogP contribution in [0.2, 0.25) is 0 Å². The molecule has 0 amide bonds. The third-order valence-electron chi connectivity index (χ3n) is 2.50. The van der Waals surface area contributed by atoms with Gasteiger partial charge >= 0.3 is 0 Å². The largest absolute Gasteiger partial charge is 0.508 e. The lowest BCUT2D eigenvalue weighted by molar-refractivity contribution is 0.459. The fourth-order valence-corrected chi connectivity index (χ4v) is 1.81. The molecule has 1 aromatic rings. The molecule has 0 saturated carbocycles. The fourth-order valence-electron chi connectivity index (χ4n) is 1.81. The smallest absolute Gasteiger partial charge is 0.130 e. The van der Waals surface area contributed by atoms with Gasteiger partial charge in [-0.15, -0.1) is 0 Å². The Hall–Kier alpha value is -1.05. The van der Waals surface area contributed by atoms with Gasteiger partial charge in [-0.3, -0.25) is 0 Å². The molecular formula is C13H19FO. The van der Waals surface area contributed by atoms with E-state index in [-0.39, 0.29) is 22.9 Å². The van der Waals surface area contributed by atoms with Crippen molar-refractivity contribution in [2.24, 2.45) is 0 Å². The Labute approximate surface area is 90.9 Å². The van der Waals surface area contributed by atoms with Crippen LogP contribution in [0.15, 0.2) is 12.1 Å². The van der Waals surface area contributed by atoms with Crippen molar-refractivity contribution in [1.29, 1.82) is 0 Å². The van der Waals surface area contributed by atoms with E-state index in [1.807, 2.05) is 34.6 Å². The molecule has 0 saturated heterocycles. The summed E-state index contributed by atoms with van der Waals surface area (Å²) in [5.41, 5.74) is 1.44. The number of hydrogen-bond donors (Lipinski definition) is 1. The summed E-state index contributed by atoms with van der Waals surface area (Å²) in [4.78, 5) is 0. The number of halogens is 1. The maximum atomic E-state index is 13.7. The lowest BCUT2D eigenvalue weighted by Gasteiger charge is -2.25. The zero-order chi connectivity index (χ0) is 11.8. The first-order valence-corrected chi connectivity index (χ1v) is 5.26. The standard InChI is InChI=1S/C13H19FO/c1-8(2)12-10(13(3,4)5)6-9(15)7-11(12)14/h6-8,15H,1-5H3. The molecule has 0 fully saturated rings. The van der Waals surface area contributed by atoms with Gasteiger partial charge in [-0.2, -0.15) is 0 Å². The Bertz CT molecular complexity index is 362. The van der Waals surface area contributed by atoms with E-state index in [0.717, 1.165) is 5.56 Å². The van der Waals surface area contributed by atoms with Gasteiger partial charge in [-0.05, 0) is 28.5 Å². The van der Waals surface area contributed by atoms with Crippen LogP contribution < -0.4 is 0 Å². The Balaban J connectivity index is 3.47. The lowest BCUT2D eigenvalue weighted by atomic mass is 9.80. The van der Waals surface area contributed by atoms with Gasteiger partial charge in [0.05, 0.1) is 0 Å². The number of hydrogen-bond acceptors (Lipinski definition) is 1. The lowest BCUT2D eigenvalue weighted by Crippen LogP contribution is -2.16. The first kappa shape index (κ1) is 12.0. The van der Waals surface area contributed by atoms with Gasteiger partial charge in [-0.25, -0.2) is 4.39 Å². The highest BCUT2D eigenvalue weighted by Gasteiger charge is 2.23. The first-order chi connectivity index (χ1) is 6.73.